The van der Waals surface area contributed by atoms with E-state index in [0.29, 0.717) is 11.3 Å². The Morgan fingerprint density at radius 1 is 1.59 bits per heavy atom. The summed E-state index contributed by atoms with van der Waals surface area (Å²) in [5.41, 5.74) is 3.75. The highest BCUT2D eigenvalue weighted by Crippen LogP contribution is 2.43. The molecule has 1 aliphatic rings. The van der Waals surface area contributed by atoms with Crippen molar-refractivity contribution in [2.24, 2.45) is 0 Å². The topological polar surface area (TPSA) is 129 Å². The quantitative estimate of drug-likeness (QED) is 0.536. The van der Waals surface area contributed by atoms with E-state index in [0.717, 1.165) is 0 Å². The van der Waals surface area contributed by atoms with Crippen LogP contribution in [0.3, 0.4) is 0 Å². The molecule has 5 atom stereocenters. The van der Waals surface area contributed by atoms with Crippen LogP contribution in [0.5, 0.6) is 0 Å². The molecule has 0 bridgehead atoms. The number of nitrogens with zero attached hydrogens (tertiary/aromatic N) is 5. The molecular weight excluding hydrogens is 378 g/mol. The van der Waals surface area contributed by atoms with Gasteiger partial charge < -0.3 is 25.0 Å². The number of nitrogen functional groups attached to an aromatic ring is 1. The summed E-state index contributed by atoms with van der Waals surface area (Å²) in [7, 11) is 1.20. The molecule has 3 heterocycles. The Morgan fingerprint density at radius 2 is 2.30 bits per heavy atom. The molecule has 27 heavy (non-hydrogen) atoms. The first-order valence-corrected chi connectivity index (χ1v) is 9.81. The average molecular weight is 398 g/mol. The summed E-state index contributed by atoms with van der Waals surface area (Å²) in [6, 6.07) is 0. The summed E-state index contributed by atoms with van der Waals surface area (Å²) in [6.45, 7) is 1.10. The van der Waals surface area contributed by atoms with Gasteiger partial charge in [0.2, 0.25) is 11.6 Å². The van der Waals surface area contributed by atoms with Crippen LogP contribution in [0.4, 0.5) is 16.2 Å². The molecular formula is C15H20FN6O4P. The van der Waals surface area contributed by atoms with E-state index >= 15 is 4.39 Å². The van der Waals surface area contributed by atoms with Gasteiger partial charge in [-0.1, -0.05) is 5.92 Å². The molecule has 3 unspecified atom stereocenters. The lowest BCUT2D eigenvalue weighted by Gasteiger charge is -2.23. The Kier molecular flexibility index (Phi) is 5.10. The molecule has 10 nitrogen and oxygen atoms in total. The van der Waals surface area contributed by atoms with Crippen LogP contribution in [0.15, 0.2) is 6.33 Å². The van der Waals surface area contributed by atoms with Crippen molar-refractivity contribution in [1.82, 2.24) is 19.5 Å². The Balaban J connectivity index is 2.07. The summed E-state index contributed by atoms with van der Waals surface area (Å²) in [5.74, 6) is 2.36. The van der Waals surface area contributed by atoms with Gasteiger partial charge in [0.1, 0.15) is 12.2 Å². The van der Waals surface area contributed by atoms with Gasteiger partial charge in [-0.05, 0) is 0 Å². The van der Waals surface area contributed by atoms with Crippen LogP contribution in [-0.4, -0.2) is 69.9 Å². The summed E-state index contributed by atoms with van der Waals surface area (Å²) >= 11 is 0. The summed E-state index contributed by atoms with van der Waals surface area (Å²) in [6.07, 6.45) is 2.41. The summed E-state index contributed by atoms with van der Waals surface area (Å²) < 4.78 is 38.5. The minimum atomic E-state index is -2.58. The third-order valence-electron chi connectivity index (χ3n) is 4.21. The largest absolute Gasteiger partial charge is 0.386 e. The van der Waals surface area contributed by atoms with E-state index in [1.54, 1.807) is 19.0 Å². The average Bonchev–Trinajstić information content (AvgIpc) is 3.12. The molecule has 1 aliphatic heterocycles. The zero-order chi connectivity index (χ0) is 19.9. The molecule has 2 aromatic heterocycles. The lowest BCUT2D eigenvalue weighted by molar-refractivity contribution is -0.0455. The minimum Gasteiger partial charge on any atom is -0.386 e. The zero-order valence-corrected chi connectivity index (χ0v) is 16.0. The molecule has 0 radical (unpaired) electrons. The summed E-state index contributed by atoms with van der Waals surface area (Å²) in [4.78, 5) is 14.1. The van der Waals surface area contributed by atoms with Crippen LogP contribution in [0.1, 0.15) is 6.23 Å². The van der Waals surface area contributed by atoms with Crippen molar-refractivity contribution in [3.05, 3.63) is 6.33 Å². The number of nitrogens with two attached hydrogens (primary N) is 1. The van der Waals surface area contributed by atoms with E-state index in [4.69, 9.17) is 21.4 Å². The van der Waals surface area contributed by atoms with Gasteiger partial charge in [0.15, 0.2) is 31.2 Å². The number of halogens is 1. The smallest absolute Gasteiger partial charge is 0.243 e. The van der Waals surface area contributed by atoms with Crippen molar-refractivity contribution in [2.75, 3.05) is 38.0 Å². The standard InChI is InChI=1S/C15H20FN6O4P/c1-5-15(16)10(23)8(6-25-27(4)24)26-13(15)22-7-18-9-11(21(2)3)19-14(17)20-12(9)22/h1,7-8,10,13,23,27H,6H2,2-4H3,(H2,17,19,20)/t8-,10?,13-,15?/m1/s1. The second kappa shape index (κ2) is 7.05. The second-order valence-electron chi connectivity index (χ2n) is 6.31. The number of alkyl halides is 1. The maximum absolute atomic E-state index is 15.5. The number of fused-ring (bicyclic) bond motifs is 1. The fraction of sp³-hybridized carbons (Fsp3) is 0.533. The lowest BCUT2D eigenvalue weighted by Crippen LogP contribution is -2.42. The maximum Gasteiger partial charge on any atom is 0.243 e. The fourth-order valence-corrected chi connectivity index (χ4v) is 3.31. The predicted octanol–water partition coefficient (Wildman–Crippen LogP) is 0.195. The van der Waals surface area contributed by atoms with E-state index in [1.165, 1.54) is 17.6 Å². The molecule has 12 heteroatoms. The number of aliphatic hydroxyl groups is 1. The number of anilines is 2. The number of rotatable bonds is 5. The van der Waals surface area contributed by atoms with Crippen molar-refractivity contribution in [1.29, 1.82) is 0 Å². The van der Waals surface area contributed by atoms with Crippen LogP contribution < -0.4 is 10.6 Å². The third kappa shape index (κ3) is 3.26. The van der Waals surface area contributed by atoms with Crippen molar-refractivity contribution >= 4 is 31.0 Å². The number of ether oxygens (including phenoxy) is 1. The molecule has 0 saturated carbocycles. The summed E-state index contributed by atoms with van der Waals surface area (Å²) in [5, 5.41) is 10.3. The number of terminal acetylenes is 1. The molecule has 146 valence electrons. The van der Waals surface area contributed by atoms with Gasteiger partial charge in [0, 0.05) is 20.8 Å². The first-order valence-electron chi connectivity index (χ1n) is 8.00. The minimum absolute atomic E-state index is 0.0406. The molecule has 1 fully saturated rings. The van der Waals surface area contributed by atoms with E-state index in [-0.39, 0.29) is 18.2 Å². The predicted molar refractivity (Wildman–Crippen MR) is 97.5 cm³/mol. The molecule has 0 amide bonds. The first kappa shape index (κ1) is 19.5. The first-order chi connectivity index (χ1) is 12.7. The van der Waals surface area contributed by atoms with Crippen molar-refractivity contribution in [3.63, 3.8) is 0 Å². The molecule has 3 rings (SSSR count). The Morgan fingerprint density at radius 3 is 2.89 bits per heavy atom. The monoisotopic (exact) mass is 398 g/mol. The number of aliphatic hydroxyl groups excluding tert-OH is 1. The number of hydrogen-bond donors (Lipinski definition) is 2. The van der Waals surface area contributed by atoms with Crippen LogP contribution in [0.2, 0.25) is 0 Å². The highest BCUT2D eigenvalue weighted by molar-refractivity contribution is 7.38. The van der Waals surface area contributed by atoms with Crippen molar-refractivity contribution < 1.29 is 23.3 Å². The van der Waals surface area contributed by atoms with Crippen LogP contribution in [0, 0.1) is 12.3 Å². The molecule has 3 N–H and O–H groups in total. The Labute approximate surface area is 155 Å². The van der Waals surface area contributed by atoms with Crippen molar-refractivity contribution in [3.8, 4) is 12.3 Å². The molecule has 2 aromatic rings. The van der Waals surface area contributed by atoms with Crippen LogP contribution >= 0.6 is 8.03 Å². The second-order valence-corrected chi connectivity index (χ2v) is 7.58. The fourth-order valence-electron chi connectivity index (χ4n) is 2.91. The highest BCUT2D eigenvalue weighted by atomic mass is 31.1. The van der Waals surface area contributed by atoms with E-state index in [9.17, 15) is 9.67 Å². The number of aromatic nitrogens is 4. The number of hydrogen-bond acceptors (Lipinski definition) is 9. The zero-order valence-electron chi connectivity index (χ0n) is 15.0. The molecule has 0 aromatic carbocycles. The normalized spacial score (nSPS) is 29.0. The van der Waals surface area contributed by atoms with Crippen LogP contribution in [0.25, 0.3) is 11.2 Å². The van der Waals surface area contributed by atoms with Crippen molar-refractivity contribution in [2.45, 2.75) is 24.1 Å². The van der Waals surface area contributed by atoms with Gasteiger partial charge in [0.25, 0.3) is 0 Å². The SMILES string of the molecule is C#CC1(F)C(O)[C@@H](CO[PH](C)=O)O[C@H]1n1cnc2c(N(C)C)nc(N)nc21. The third-order valence-corrected chi connectivity index (χ3v) is 4.79. The highest BCUT2D eigenvalue weighted by Gasteiger charge is 2.58. The van der Waals surface area contributed by atoms with Gasteiger partial charge in [-0.25, -0.2) is 9.37 Å². The van der Waals surface area contributed by atoms with Crippen LogP contribution in [-0.2, 0) is 13.8 Å². The molecule has 0 aliphatic carbocycles. The van der Waals surface area contributed by atoms with E-state index in [1.807, 2.05) is 5.92 Å². The van der Waals surface area contributed by atoms with Gasteiger partial charge in [-0.3, -0.25) is 9.13 Å². The Hall–Kier alpha value is -2.25. The van der Waals surface area contributed by atoms with E-state index in [2.05, 4.69) is 15.0 Å². The van der Waals surface area contributed by atoms with Gasteiger partial charge in [-0.15, -0.1) is 6.42 Å². The van der Waals surface area contributed by atoms with E-state index < -0.39 is 32.1 Å². The lowest BCUT2D eigenvalue weighted by atomic mass is 9.97. The van der Waals surface area contributed by atoms with Gasteiger partial charge in [0.05, 0.1) is 12.9 Å². The molecule has 1 saturated heterocycles. The van der Waals surface area contributed by atoms with Gasteiger partial charge in [-0.2, -0.15) is 9.97 Å². The molecule has 0 spiro atoms. The maximum atomic E-state index is 15.5. The number of imidazole rings is 1. The van der Waals surface area contributed by atoms with Gasteiger partial charge >= 0.3 is 0 Å². The Bertz CT molecular complexity index is 931.